The number of quaternary nitrogens is 1. The van der Waals surface area contributed by atoms with Crippen LogP contribution in [0.5, 0.6) is 5.75 Å². The molecule has 1 N–H and O–H groups in total. The Morgan fingerprint density at radius 3 is 2.55 bits per heavy atom. The lowest BCUT2D eigenvalue weighted by Crippen LogP contribution is -3.14. The monoisotopic (exact) mass is 410 g/mol. The van der Waals surface area contributed by atoms with Crippen molar-refractivity contribution in [3.05, 3.63) is 64.8 Å². The Morgan fingerprint density at radius 1 is 1.07 bits per heavy atom. The standard InChI is InChI=1S/C23H27N3O2S/c1-2-28-21-10-8-19(9-11-21)22-18-29-23(24-20-6-4-3-5-7-20)26(22)13-12-25-14-16-27-17-15-25/h3-11,18H,2,12-17H2,1H3/p+1. The van der Waals surface area contributed by atoms with Crippen LogP contribution in [0.4, 0.5) is 5.69 Å². The molecule has 1 aliphatic rings. The molecule has 3 aromatic rings. The Kier molecular flexibility index (Phi) is 6.77. The summed E-state index contributed by atoms with van der Waals surface area (Å²) < 4.78 is 13.5. The van der Waals surface area contributed by atoms with Gasteiger partial charge in [0, 0.05) is 5.38 Å². The normalized spacial score (nSPS) is 15.6. The highest BCUT2D eigenvalue weighted by Gasteiger charge is 2.16. The molecule has 0 aliphatic carbocycles. The number of thiazole rings is 1. The molecule has 2 aromatic carbocycles. The third kappa shape index (κ3) is 5.15. The second-order valence-corrected chi connectivity index (χ2v) is 7.91. The van der Waals surface area contributed by atoms with E-state index in [1.807, 2.05) is 49.4 Å². The first kappa shape index (κ1) is 19.9. The van der Waals surface area contributed by atoms with Crippen LogP contribution in [0, 0.1) is 0 Å². The fourth-order valence-corrected chi connectivity index (χ4v) is 4.50. The van der Waals surface area contributed by atoms with Crippen molar-refractivity contribution in [1.29, 1.82) is 0 Å². The summed E-state index contributed by atoms with van der Waals surface area (Å²) in [6, 6.07) is 18.5. The molecule has 0 amide bonds. The third-order valence-corrected chi connectivity index (χ3v) is 5.99. The molecule has 6 heteroatoms. The number of hydrogen-bond donors (Lipinski definition) is 1. The number of nitrogens with zero attached hydrogens (tertiary/aromatic N) is 2. The summed E-state index contributed by atoms with van der Waals surface area (Å²) in [5, 5.41) is 2.21. The molecular formula is C23H28N3O2S+. The van der Waals surface area contributed by atoms with Crippen molar-refractivity contribution >= 4 is 17.0 Å². The van der Waals surface area contributed by atoms with Crippen LogP contribution in [-0.2, 0) is 11.3 Å². The van der Waals surface area contributed by atoms with Crippen LogP contribution < -0.4 is 14.4 Å². The molecule has 2 heterocycles. The summed E-state index contributed by atoms with van der Waals surface area (Å²) in [7, 11) is 0. The van der Waals surface area contributed by atoms with Crippen molar-refractivity contribution in [3.63, 3.8) is 0 Å². The zero-order valence-electron chi connectivity index (χ0n) is 16.8. The van der Waals surface area contributed by atoms with E-state index in [-0.39, 0.29) is 0 Å². The van der Waals surface area contributed by atoms with E-state index >= 15 is 0 Å². The van der Waals surface area contributed by atoms with Crippen molar-refractivity contribution in [3.8, 4) is 17.0 Å². The number of benzene rings is 2. The Bertz CT molecular complexity index is 958. The molecular weight excluding hydrogens is 382 g/mol. The zero-order valence-corrected chi connectivity index (χ0v) is 17.7. The maximum absolute atomic E-state index is 5.60. The summed E-state index contributed by atoms with van der Waals surface area (Å²) >= 11 is 1.70. The van der Waals surface area contributed by atoms with Crippen molar-refractivity contribution in [2.75, 3.05) is 39.5 Å². The first-order valence-corrected chi connectivity index (χ1v) is 11.1. The molecule has 5 nitrogen and oxygen atoms in total. The predicted molar refractivity (Wildman–Crippen MR) is 117 cm³/mol. The lowest BCUT2D eigenvalue weighted by molar-refractivity contribution is -0.908. The van der Waals surface area contributed by atoms with Gasteiger partial charge in [-0.1, -0.05) is 18.2 Å². The number of morpholine rings is 1. The quantitative estimate of drug-likeness (QED) is 0.651. The molecule has 0 radical (unpaired) electrons. The predicted octanol–water partition coefficient (Wildman–Crippen LogP) is 2.76. The number of para-hydroxylation sites is 1. The van der Waals surface area contributed by atoms with Gasteiger partial charge in [0.25, 0.3) is 0 Å². The minimum atomic E-state index is 0.681. The summed E-state index contributed by atoms with van der Waals surface area (Å²) in [6.07, 6.45) is 0. The van der Waals surface area contributed by atoms with Gasteiger partial charge in [0.2, 0.25) is 0 Å². The highest BCUT2D eigenvalue weighted by Crippen LogP contribution is 2.23. The molecule has 4 rings (SSSR count). The van der Waals surface area contributed by atoms with E-state index in [1.54, 1.807) is 16.2 Å². The number of nitrogens with one attached hydrogen (secondary N) is 1. The fourth-order valence-electron chi connectivity index (χ4n) is 3.55. The smallest absolute Gasteiger partial charge is 0.190 e. The topological polar surface area (TPSA) is 40.2 Å². The molecule has 0 atom stereocenters. The fraction of sp³-hybridized carbons (Fsp3) is 0.348. The van der Waals surface area contributed by atoms with E-state index in [0.29, 0.717) is 6.61 Å². The third-order valence-electron chi connectivity index (χ3n) is 5.13. The highest BCUT2D eigenvalue weighted by atomic mass is 32.1. The van der Waals surface area contributed by atoms with Crippen LogP contribution in [0.25, 0.3) is 11.3 Å². The maximum Gasteiger partial charge on any atom is 0.190 e. The first-order chi connectivity index (χ1) is 14.3. The van der Waals surface area contributed by atoms with Crippen LogP contribution >= 0.6 is 11.3 Å². The average Bonchev–Trinajstić information content (AvgIpc) is 3.17. The lowest BCUT2D eigenvalue weighted by atomic mass is 10.1. The van der Waals surface area contributed by atoms with Gasteiger partial charge in [-0.25, -0.2) is 4.99 Å². The Balaban J connectivity index is 1.65. The van der Waals surface area contributed by atoms with E-state index in [2.05, 4.69) is 22.1 Å². The van der Waals surface area contributed by atoms with Crippen molar-refractivity contribution < 1.29 is 14.4 Å². The number of ether oxygens (including phenoxy) is 2. The molecule has 1 aliphatic heterocycles. The van der Waals surface area contributed by atoms with Crippen molar-refractivity contribution in [1.82, 2.24) is 4.57 Å². The van der Waals surface area contributed by atoms with E-state index in [9.17, 15) is 0 Å². The van der Waals surface area contributed by atoms with Gasteiger partial charge in [0.1, 0.15) is 18.8 Å². The molecule has 29 heavy (non-hydrogen) atoms. The highest BCUT2D eigenvalue weighted by molar-refractivity contribution is 7.07. The van der Waals surface area contributed by atoms with Crippen LogP contribution in [0.3, 0.4) is 0 Å². The largest absolute Gasteiger partial charge is 0.494 e. The van der Waals surface area contributed by atoms with Crippen LogP contribution in [0.15, 0.2) is 65.0 Å². The summed E-state index contributed by atoms with van der Waals surface area (Å²) in [5.41, 5.74) is 3.39. The summed E-state index contributed by atoms with van der Waals surface area (Å²) in [4.78, 5) is 7.55. The first-order valence-electron chi connectivity index (χ1n) is 10.3. The molecule has 0 unspecified atom stereocenters. The lowest BCUT2D eigenvalue weighted by Gasteiger charge is -2.24. The molecule has 152 valence electrons. The van der Waals surface area contributed by atoms with E-state index in [4.69, 9.17) is 14.5 Å². The van der Waals surface area contributed by atoms with Crippen LogP contribution in [0.1, 0.15) is 6.92 Å². The molecule has 1 saturated heterocycles. The van der Waals surface area contributed by atoms with Gasteiger partial charge in [0.05, 0.1) is 44.3 Å². The Hall–Kier alpha value is -2.41. The van der Waals surface area contributed by atoms with Crippen LogP contribution in [-0.4, -0.2) is 44.0 Å². The summed E-state index contributed by atoms with van der Waals surface area (Å²) in [6.45, 7) is 8.57. The Morgan fingerprint density at radius 2 is 1.83 bits per heavy atom. The molecule has 1 fully saturated rings. The van der Waals surface area contributed by atoms with Gasteiger partial charge in [-0.3, -0.25) is 0 Å². The zero-order chi connectivity index (χ0) is 19.9. The van der Waals surface area contributed by atoms with Gasteiger partial charge in [-0.2, -0.15) is 0 Å². The number of hydrogen-bond acceptors (Lipinski definition) is 4. The Labute approximate surface area is 175 Å². The van der Waals surface area contributed by atoms with E-state index < -0.39 is 0 Å². The summed E-state index contributed by atoms with van der Waals surface area (Å²) in [5.74, 6) is 0.907. The number of aromatic nitrogens is 1. The van der Waals surface area contributed by atoms with Gasteiger partial charge >= 0.3 is 0 Å². The van der Waals surface area contributed by atoms with Gasteiger partial charge in [-0.15, -0.1) is 11.3 Å². The van der Waals surface area contributed by atoms with E-state index in [0.717, 1.165) is 55.6 Å². The van der Waals surface area contributed by atoms with Gasteiger partial charge in [0.15, 0.2) is 4.80 Å². The second-order valence-electron chi connectivity index (χ2n) is 7.07. The minimum absolute atomic E-state index is 0.681. The minimum Gasteiger partial charge on any atom is -0.494 e. The molecule has 1 aromatic heterocycles. The van der Waals surface area contributed by atoms with Crippen molar-refractivity contribution in [2.45, 2.75) is 13.5 Å². The van der Waals surface area contributed by atoms with Crippen molar-refractivity contribution in [2.24, 2.45) is 4.99 Å². The number of rotatable bonds is 7. The molecule has 0 spiro atoms. The van der Waals surface area contributed by atoms with Crippen LogP contribution in [0.2, 0.25) is 0 Å². The second kappa shape index (κ2) is 9.87. The van der Waals surface area contributed by atoms with E-state index in [1.165, 1.54) is 11.3 Å². The molecule has 0 bridgehead atoms. The molecule has 0 saturated carbocycles. The maximum atomic E-state index is 5.60. The SMILES string of the molecule is CCOc1ccc(-c2csc(=Nc3ccccc3)n2CC[NH+]2CCOCC2)cc1. The average molecular weight is 411 g/mol. The van der Waals surface area contributed by atoms with Gasteiger partial charge in [-0.05, 0) is 48.9 Å². The van der Waals surface area contributed by atoms with Gasteiger partial charge < -0.3 is 18.9 Å².